The number of ketones is 1. The van der Waals surface area contributed by atoms with Crippen molar-refractivity contribution in [1.82, 2.24) is 0 Å². The van der Waals surface area contributed by atoms with E-state index in [0.29, 0.717) is 5.46 Å². The first kappa shape index (κ1) is 19.9. The molecule has 0 saturated carbocycles. The number of carbonyl (C=O) groups excluding carboxylic acids is 1. The van der Waals surface area contributed by atoms with Crippen LogP contribution >= 0.6 is 0 Å². The first-order valence-corrected chi connectivity index (χ1v) is 8.00. The molecule has 1 fully saturated rings. The minimum Gasteiger partial charge on any atom is -0.399 e. The fraction of sp³-hybridized carbons (Fsp3) is 0.588. The maximum atomic E-state index is 12.9. The van der Waals surface area contributed by atoms with Crippen LogP contribution in [-0.4, -0.2) is 36.5 Å². The number of carbonyl (C=O) groups is 1. The summed E-state index contributed by atoms with van der Waals surface area (Å²) in [6.45, 7) is 7.64. The third-order valence-electron chi connectivity index (χ3n) is 4.76. The van der Waals surface area contributed by atoms with Crippen molar-refractivity contribution in [2.75, 3.05) is 0 Å². The van der Waals surface area contributed by atoms with Crippen molar-refractivity contribution in [2.24, 2.45) is 0 Å². The summed E-state index contributed by atoms with van der Waals surface area (Å²) in [6, 6.07) is 6.15. The third kappa shape index (κ3) is 4.23. The third-order valence-corrected chi connectivity index (χ3v) is 4.76. The molecule has 8 heteroatoms. The summed E-state index contributed by atoms with van der Waals surface area (Å²) in [5.74, 6) is -4.76. The molecule has 1 aromatic rings. The summed E-state index contributed by atoms with van der Waals surface area (Å²) >= 11 is 0. The fourth-order valence-electron chi connectivity index (χ4n) is 2.34. The van der Waals surface area contributed by atoms with E-state index in [9.17, 15) is 22.4 Å². The molecule has 25 heavy (non-hydrogen) atoms. The van der Waals surface area contributed by atoms with Crippen LogP contribution in [0.15, 0.2) is 24.3 Å². The quantitative estimate of drug-likeness (QED) is 0.439. The normalized spacial score (nSPS) is 19.5. The zero-order chi connectivity index (χ0) is 19.0. The van der Waals surface area contributed by atoms with E-state index < -0.39 is 49.3 Å². The van der Waals surface area contributed by atoms with E-state index in [2.05, 4.69) is 0 Å². The Balaban J connectivity index is 2.02. The lowest BCUT2D eigenvalue weighted by Gasteiger charge is -2.32. The first-order valence-electron chi connectivity index (χ1n) is 8.00. The average Bonchev–Trinajstić information content (AvgIpc) is 2.73. The number of halogens is 4. The van der Waals surface area contributed by atoms with E-state index in [1.54, 1.807) is 12.1 Å². The lowest BCUT2D eigenvalue weighted by atomic mass is 9.78. The summed E-state index contributed by atoms with van der Waals surface area (Å²) in [5, 5.41) is 0. The Morgan fingerprint density at radius 3 is 2.00 bits per heavy atom. The second-order valence-corrected chi connectivity index (χ2v) is 7.20. The number of alkyl halides is 4. The molecule has 3 nitrogen and oxygen atoms in total. The number of rotatable bonds is 6. The van der Waals surface area contributed by atoms with Crippen molar-refractivity contribution in [2.45, 2.75) is 64.1 Å². The van der Waals surface area contributed by atoms with Gasteiger partial charge in [0.2, 0.25) is 0 Å². The van der Waals surface area contributed by atoms with Gasteiger partial charge in [-0.15, -0.1) is 0 Å². The maximum Gasteiger partial charge on any atom is 0.494 e. The van der Waals surface area contributed by atoms with Crippen molar-refractivity contribution in [3.05, 3.63) is 29.8 Å². The lowest BCUT2D eigenvalue weighted by molar-refractivity contribution is -0.132. The van der Waals surface area contributed by atoms with Crippen molar-refractivity contribution in [3.8, 4) is 0 Å². The van der Waals surface area contributed by atoms with Gasteiger partial charge in [-0.2, -0.15) is 0 Å². The van der Waals surface area contributed by atoms with Gasteiger partial charge in [0.1, 0.15) is 0 Å². The monoisotopic (exact) mass is 360 g/mol. The molecule has 1 aliphatic rings. The largest absolute Gasteiger partial charge is 0.494 e. The molecule has 0 aliphatic carbocycles. The molecular formula is C17H21BF4O3. The first-order chi connectivity index (χ1) is 11.4. The summed E-state index contributed by atoms with van der Waals surface area (Å²) < 4.78 is 61.8. The average molecular weight is 360 g/mol. The van der Waals surface area contributed by atoms with Crippen molar-refractivity contribution in [3.63, 3.8) is 0 Å². The number of hydrogen-bond donors (Lipinski definition) is 0. The topological polar surface area (TPSA) is 35.5 Å². The second-order valence-electron chi connectivity index (χ2n) is 7.20. The molecule has 0 radical (unpaired) electrons. The highest BCUT2D eigenvalue weighted by Crippen LogP contribution is 2.36. The molecule has 1 aliphatic heterocycles. The van der Waals surface area contributed by atoms with Crippen LogP contribution in [0.5, 0.6) is 0 Å². The number of Topliss-reactive ketones (excluding diaryl/α,β-unsaturated/α-hetero) is 1. The summed E-state index contributed by atoms with van der Waals surface area (Å²) in [7, 11) is -0.600. The summed E-state index contributed by atoms with van der Waals surface area (Å²) in [5.41, 5.74) is -0.140. The standard InChI is InChI=1S/C17H21BF4O3/c1-15(2)16(3,4)25-18(24-15)12-7-5-11(6-8-12)13(23)9-10-17(21,22)14(19)20/h5-8,14H,9-10H2,1-4H3. The predicted octanol–water partition coefficient (Wildman–Crippen LogP) is 3.85. The predicted molar refractivity (Wildman–Crippen MR) is 86.7 cm³/mol. The van der Waals surface area contributed by atoms with Gasteiger partial charge in [0.05, 0.1) is 11.2 Å². The van der Waals surface area contributed by atoms with Crippen LogP contribution in [0.2, 0.25) is 0 Å². The molecule has 0 atom stereocenters. The Bertz CT molecular complexity index is 613. The Morgan fingerprint density at radius 2 is 1.56 bits per heavy atom. The molecular weight excluding hydrogens is 339 g/mol. The van der Waals surface area contributed by atoms with E-state index >= 15 is 0 Å². The van der Waals surface area contributed by atoms with E-state index in [4.69, 9.17) is 9.31 Å². The smallest absolute Gasteiger partial charge is 0.399 e. The highest BCUT2D eigenvalue weighted by Gasteiger charge is 2.51. The molecule has 0 unspecified atom stereocenters. The van der Waals surface area contributed by atoms with E-state index in [-0.39, 0.29) is 5.56 Å². The van der Waals surface area contributed by atoms with Crippen LogP contribution in [0.25, 0.3) is 0 Å². The SMILES string of the molecule is CC1(C)OB(c2ccc(C(=O)CCC(F)(F)C(F)F)cc2)OC1(C)C. The van der Waals surface area contributed by atoms with Gasteiger partial charge in [-0.05, 0) is 33.2 Å². The molecule has 1 heterocycles. The highest BCUT2D eigenvalue weighted by atomic mass is 19.3. The molecule has 0 aromatic heterocycles. The van der Waals surface area contributed by atoms with Crippen LogP contribution in [0, 0.1) is 0 Å². The van der Waals surface area contributed by atoms with Crippen molar-refractivity contribution >= 4 is 18.4 Å². The van der Waals surface area contributed by atoms with Gasteiger partial charge in [0.25, 0.3) is 0 Å². The van der Waals surface area contributed by atoms with Crippen LogP contribution in [0.3, 0.4) is 0 Å². The Morgan fingerprint density at radius 1 is 1.08 bits per heavy atom. The van der Waals surface area contributed by atoms with Gasteiger partial charge in [-0.3, -0.25) is 4.79 Å². The summed E-state index contributed by atoms with van der Waals surface area (Å²) in [4.78, 5) is 11.9. The maximum absolute atomic E-state index is 12.9. The molecule has 0 amide bonds. The van der Waals surface area contributed by atoms with Crippen LogP contribution in [0.4, 0.5) is 17.6 Å². The number of benzene rings is 1. The molecule has 0 N–H and O–H groups in total. The minimum atomic E-state index is -4.15. The van der Waals surface area contributed by atoms with E-state index in [1.807, 2.05) is 27.7 Å². The lowest BCUT2D eigenvalue weighted by Crippen LogP contribution is -2.41. The molecule has 0 spiro atoms. The van der Waals surface area contributed by atoms with Gasteiger partial charge in [0, 0.05) is 18.4 Å². The van der Waals surface area contributed by atoms with Crippen molar-refractivity contribution < 1.29 is 31.7 Å². The molecule has 1 aromatic carbocycles. The molecule has 2 rings (SSSR count). The second kappa shape index (κ2) is 6.72. The number of hydrogen-bond acceptors (Lipinski definition) is 3. The van der Waals surface area contributed by atoms with E-state index in [1.165, 1.54) is 12.1 Å². The minimum absolute atomic E-state index is 0.185. The fourth-order valence-corrected chi connectivity index (χ4v) is 2.34. The zero-order valence-corrected chi connectivity index (χ0v) is 14.6. The van der Waals surface area contributed by atoms with Crippen LogP contribution in [-0.2, 0) is 9.31 Å². The molecule has 0 bridgehead atoms. The van der Waals surface area contributed by atoms with Crippen LogP contribution < -0.4 is 5.46 Å². The zero-order valence-electron chi connectivity index (χ0n) is 14.6. The van der Waals surface area contributed by atoms with Gasteiger partial charge in [-0.1, -0.05) is 24.3 Å². The van der Waals surface area contributed by atoms with E-state index in [0.717, 1.165) is 0 Å². The summed E-state index contributed by atoms with van der Waals surface area (Å²) in [6.07, 6.45) is -5.60. The molecule has 138 valence electrons. The Kier molecular flexibility index (Phi) is 5.35. The van der Waals surface area contributed by atoms with Gasteiger partial charge in [0.15, 0.2) is 5.78 Å². The Labute approximate surface area is 144 Å². The molecule has 1 saturated heterocycles. The highest BCUT2D eigenvalue weighted by molar-refractivity contribution is 6.62. The Hall–Kier alpha value is -1.41. The van der Waals surface area contributed by atoms with Crippen molar-refractivity contribution in [1.29, 1.82) is 0 Å². The van der Waals surface area contributed by atoms with Gasteiger partial charge >= 0.3 is 19.5 Å². The van der Waals surface area contributed by atoms with Gasteiger partial charge in [-0.25, -0.2) is 17.6 Å². The van der Waals surface area contributed by atoms with Crippen LogP contribution in [0.1, 0.15) is 50.9 Å². The van der Waals surface area contributed by atoms with Gasteiger partial charge < -0.3 is 9.31 Å².